The van der Waals surface area contributed by atoms with E-state index in [0.29, 0.717) is 23.8 Å². The molecule has 1 aromatic heterocycles. The lowest BCUT2D eigenvalue weighted by molar-refractivity contribution is -0.384. The molecule has 0 amide bonds. The SMILES string of the molecule is O=[N+]([O-])c1ccc(Cl)cc1NCc1cnn(Cc2ccccc2)c1. The largest absolute Gasteiger partial charge is 0.375 e. The maximum atomic E-state index is 11.1. The van der Waals surface area contributed by atoms with Crippen molar-refractivity contribution in [1.29, 1.82) is 0 Å². The molecule has 0 atom stereocenters. The fraction of sp³-hybridized carbons (Fsp3) is 0.118. The fourth-order valence-electron chi connectivity index (χ4n) is 2.36. The van der Waals surface area contributed by atoms with E-state index in [1.807, 2.05) is 41.2 Å². The number of anilines is 1. The molecule has 3 rings (SSSR count). The van der Waals surface area contributed by atoms with E-state index >= 15 is 0 Å². The van der Waals surface area contributed by atoms with E-state index in [0.717, 1.165) is 11.1 Å². The summed E-state index contributed by atoms with van der Waals surface area (Å²) in [6, 6.07) is 14.5. The molecule has 122 valence electrons. The van der Waals surface area contributed by atoms with Crippen molar-refractivity contribution in [3.05, 3.63) is 87.2 Å². The van der Waals surface area contributed by atoms with Crippen LogP contribution in [0.15, 0.2) is 60.9 Å². The van der Waals surface area contributed by atoms with Gasteiger partial charge in [-0.1, -0.05) is 41.9 Å². The molecular weight excluding hydrogens is 328 g/mol. The Hall–Kier alpha value is -2.86. The number of benzene rings is 2. The first-order valence-electron chi connectivity index (χ1n) is 7.35. The molecular formula is C17H15ClN4O2. The van der Waals surface area contributed by atoms with Crippen molar-refractivity contribution in [3.8, 4) is 0 Å². The first-order valence-corrected chi connectivity index (χ1v) is 7.73. The predicted octanol–water partition coefficient (Wildman–Crippen LogP) is 4.11. The van der Waals surface area contributed by atoms with E-state index in [-0.39, 0.29) is 5.69 Å². The number of nitro groups is 1. The van der Waals surface area contributed by atoms with E-state index in [9.17, 15) is 10.1 Å². The first-order chi connectivity index (χ1) is 11.6. The summed E-state index contributed by atoms with van der Waals surface area (Å²) in [5, 5.41) is 18.9. The second-order valence-electron chi connectivity index (χ2n) is 5.30. The Balaban J connectivity index is 1.68. The van der Waals surface area contributed by atoms with Crippen LogP contribution in [0, 0.1) is 10.1 Å². The highest BCUT2D eigenvalue weighted by Gasteiger charge is 2.13. The molecule has 2 aromatic carbocycles. The average Bonchev–Trinajstić information content (AvgIpc) is 3.01. The molecule has 0 radical (unpaired) electrons. The molecule has 7 heteroatoms. The molecule has 0 saturated heterocycles. The summed E-state index contributed by atoms with van der Waals surface area (Å²) in [6.07, 6.45) is 3.66. The second-order valence-corrected chi connectivity index (χ2v) is 5.74. The van der Waals surface area contributed by atoms with Crippen LogP contribution < -0.4 is 5.32 Å². The second kappa shape index (κ2) is 7.14. The van der Waals surface area contributed by atoms with Gasteiger partial charge in [0.2, 0.25) is 0 Å². The lowest BCUT2D eigenvalue weighted by Crippen LogP contribution is -2.02. The number of nitrogens with one attached hydrogen (secondary N) is 1. The Morgan fingerprint density at radius 3 is 2.71 bits per heavy atom. The van der Waals surface area contributed by atoms with Gasteiger partial charge in [-0.2, -0.15) is 5.10 Å². The molecule has 0 saturated carbocycles. The Kier molecular flexibility index (Phi) is 4.77. The van der Waals surface area contributed by atoms with Gasteiger partial charge in [0.05, 0.1) is 17.7 Å². The highest BCUT2D eigenvalue weighted by molar-refractivity contribution is 6.31. The number of hydrogen-bond donors (Lipinski definition) is 1. The van der Waals surface area contributed by atoms with Crippen LogP contribution in [0.4, 0.5) is 11.4 Å². The first kappa shape index (κ1) is 16.0. The molecule has 1 heterocycles. The van der Waals surface area contributed by atoms with Crippen molar-refractivity contribution >= 4 is 23.0 Å². The molecule has 0 unspecified atom stereocenters. The standard InChI is InChI=1S/C17H15ClN4O2/c18-15-6-7-17(22(23)24)16(8-15)19-9-14-10-20-21(12-14)11-13-4-2-1-3-5-13/h1-8,10,12,19H,9,11H2. The molecule has 0 fully saturated rings. The van der Waals surface area contributed by atoms with Crippen molar-refractivity contribution in [2.75, 3.05) is 5.32 Å². The number of aromatic nitrogens is 2. The molecule has 3 aromatic rings. The average molecular weight is 343 g/mol. The third-order valence-electron chi connectivity index (χ3n) is 3.51. The third kappa shape index (κ3) is 3.91. The number of rotatable bonds is 6. The van der Waals surface area contributed by atoms with Crippen LogP contribution in [0.1, 0.15) is 11.1 Å². The van der Waals surface area contributed by atoms with Crippen molar-refractivity contribution in [2.24, 2.45) is 0 Å². The van der Waals surface area contributed by atoms with Gasteiger partial charge in [-0.3, -0.25) is 14.8 Å². The summed E-state index contributed by atoms with van der Waals surface area (Å²) in [4.78, 5) is 10.6. The van der Waals surface area contributed by atoms with Crippen LogP contribution in [0.3, 0.4) is 0 Å². The van der Waals surface area contributed by atoms with E-state index in [2.05, 4.69) is 10.4 Å². The van der Waals surface area contributed by atoms with Crippen LogP contribution in [0.5, 0.6) is 0 Å². The maximum absolute atomic E-state index is 11.1. The van der Waals surface area contributed by atoms with Crippen molar-refractivity contribution in [2.45, 2.75) is 13.1 Å². The summed E-state index contributed by atoms with van der Waals surface area (Å²) < 4.78 is 1.83. The molecule has 0 bridgehead atoms. The summed E-state index contributed by atoms with van der Waals surface area (Å²) >= 11 is 5.92. The van der Waals surface area contributed by atoms with Crippen LogP contribution in [-0.2, 0) is 13.1 Å². The summed E-state index contributed by atoms with van der Waals surface area (Å²) in [5.41, 5.74) is 2.48. The number of halogens is 1. The molecule has 0 aliphatic rings. The Morgan fingerprint density at radius 2 is 1.96 bits per heavy atom. The van der Waals surface area contributed by atoms with Gasteiger partial charge >= 0.3 is 0 Å². The van der Waals surface area contributed by atoms with Gasteiger partial charge in [-0.05, 0) is 17.7 Å². The van der Waals surface area contributed by atoms with Crippen molar-refractivity contribution in [1.82, 2.24) is 9.78 Å². The zero-order valence-electron chi connectivity index (χ0n) is 12.7. The van der Waals surface area contributed by atoms with E-state index in [1.54, 1.807) is 12.3 Å². The molecule has 1 N–H and O–H groups in total. The van der Waals surface area contributed by atoms with Gasteiger partial charge in [0, 0.05) is 29.4 Å². The predicted molar refractivity (Wildman–Crippen MR) is 93.2 cm³/mol. The Labute approximate surface area is 143 Å². The number of nitrogens with zero attached hydrogens (tertiary/aromatic N) is 3. The minimum atomic E-state index is -0.433. The molecule has 0 aliphatic heterocycles. The van der Waals surface area contributed by atoms with E-state index < -0.39 is 4.92 Å². The fourth-order valence-corrected chi connectivity index (χ4v) is 2.53. The van der Waals surface area contributed by atoms with Crippen molar-refractivity contribution < 1.29 is 4.92 Å². The van der Waals surface area contributed by atoms with Gasteiger partial charge in [-0.25, -0.2) is 0 Å². The molecule has 0 aliphatic carbocycles. The topological polar surface area (TPSA) is 73.0 Å². The van der Waals surface area contributed by atoms with Gasteiger partial charge < -0.3 is 5.32 Å². The van der Waals surface area contributed by atoms with Crippen LogP contribution >= 0.6 is 11.6 Å². The van der Waals surface area contributed by atoms with Crippen LogP contribution in [0.2, 0.25) is 5.02 Å². The summed E-state index contributed by atoms with van der Waals surface area (Å²) in [5.74, 6) is 0. The lowest BCUT2D eigenvalue weighted by Gasteiger charge is -2.06. The smallest absolute Gasteiger partial charge is 0.292 e. The van der Waals surface area contributed by atoms with Crippen LogP contribution in [-0.4, -0.2) is 14.7 Å². The van der Waals surface area contributed by atoms with Gasteiger partial charge in [0.1, 0.15) is 5.69 Å². The summed E-state index contributed by atoms with van der Waals surface area (Å²) in [6.45, 7) is 1.11. The quantitative estimate of drug-likeness (QED) is 0.540. The maximum Gasteiger partial charge on any atom is 0.292 e. The zero-order chi connectivity index (χ0) is 16.9. The van der Waals surface area contributed by atoms with Gasteiger partial charge in [0.15, 0.2) is 0 Å². The Bertz CT molecular complexity index is 849. The Morgan fingerprint density at radius 1 is 1.17 bits per heavy atom. The molecule has 6 nitrogen and oxygen atoms in total. The van der Waals surface area contributed by atoms with Gasteiger partial charge in [-0.15, -0.1) is 0 Å². The minimum Gasteiger partial charge on any atom is -0.375 e. The highest BCUT2D eigenvalue weighted by Crippen LogP contribution is 2.28. The molecule has 24 heavy (non-hydrogen) atoms. The van der Waals surface area contributed by atoms with Gasteiger partial charge in [0.25, 0.3) is 5.69 Å². The number of nitro benzene ring substituents is 1. The monoisotopic (exact) mass is 342 g/mol. The third-order valence-corrected chi connectivity index (χ3v) is 3.75. The minimum absolute atomic E-state index is 0.00363. The zero-order valence-corrected chi connectivity index (χ0v) is 13.5. The van der Waals surface area contributed by atoms with E-state index in [1.165, 1.54) is 12.1 Å². The van der Waals surface area contributed by atoms with E-state index in [4.69, 9.17) is 11.6 Å². The summed E-state index contributed by atoms with van der Waals surface area (Å²) in [7, 11) is 0. The number of hydrogen-bond acceptors (Lipinski definition) is 4. The normalized spacial score (nSPS) is 10.5. The lowest BCUT2D eigenvalue weighted by atomic mass is 10.2. The molecule has 0 spiro atoms. The highest BCUT2D eigenvalue weighted by atomic mass is 35.5. The van der Waals surface area contributed by atoms with Crippen molar-refractivity contribution in [3.63, 3.8) is 0 Å². The van der Waals surface area contributed by atoms with Crippen LogP contribution in [0.25, 0.3) is 0 Å².